The second-order valence-electron chi connectivity index (χ2n) is 4.93. The third-order valence-corrected chi connectivity index (χ3v) is 3.39. The maximum Gasteiger partial charge on any atom is 0.316 e. The Kier molecular flexibility index (Phi) is 4.85. The molecule has 0 aliphatic heterocycles. The Morgan fingerprint density at radius 1 is 1.24 bits per heavy atom. The molecule has 1 atom stereocenters. The molecule has 1 aliphatic rings. The number of Topliss-reactive ketones (excluding diaryl/α,β-unsaturated/α-hetero) is 2. The lowest BCUT2D eigenvalue weighted by atomic mass is 9.76. The molecule has 1 unspecified atom stereocenters. The van der Waals surface area contributed by atoms with Crippen LogP contribution in [0.25, 0.3) is 0 Å². The fourth-order valence-electron chi connectivity index (χ4n) is 1.86. The third kappa shape index (κ3) is 3.38. The summed E-state index contributed by atoms with van der Waals surface area (Å²) in [4.78, 5) is 35.2. The third-order valence-electron chi connectivity index (χ3n) is 3.39. The van der Waals surface area contributed by atoms with Gasteiger partial charge in [-0.05, 0) is 12.8 Å². The van der Waals surface area contributed by atoms with Crippen molar-refractivity contribution >= 4 is 17.5 Å². The maximum atomic E-state index is 12.0. The van der Waals surface area contributed by atoms with E-state index in [2.05, 4.69) is 4.74 Å². The number of carbonyl (C=O) groups is 3. The van der Waals surface area contributed by atoms with Gasteiger partial charge in [0.2, 0.25) is 0 Å². The van der Waals surface area contributed by atoms with Gasteiger partial charge in [-0.3, -0.25) is 14.4 Å². The number of ether oxygens (including phenoxy) is 1. The number of ketones is 2. The van der Waals surface area contributed by atoms with Crippen LogP contribution in [0.15, 0.2) is 0 Å². The summed E-state index contributed by atoms with van der Waals surface area (Å²) in [5, 5.41) is 0. The van der Waals surface area contributed by atoms with Crippen molar-refractivity contribution < 1.29 is 19.1 Å². The quantitative estimate of drug-likeness (QED) is 0.524. The minimum Gasteiger partial charge on any atom is -0.468 e. The Bertz CT molecular complexity index is 315. The smallest absolute Gasteiger partial charge is 0.316 e. The molecule has 96 valence electrons. The van der Waals surface area contributed by atoms with Crippen molar-refractivity contribution in [3.63, 3.8) is 0 Å². The number of rotatable bonds is 6. The summed E-state index contributed by atoms with van der Waals surface area (Å²) in [6.45, 7) is 3.54. The van der Waals surface area contributed by atoms with Crippen molar-refractivity contribution in [3.05, 3.63) is 0 Å². The highest BCUT2D eigenvalue weighted by Crippen LogP contribution is 2.31. The van der Waals surface area contributed by atoms with E-state index in [0.29, 0.717) is 0 Å². The lowest BCUT2D eigenvalue weighted by Crippen LogP contribution is -2.36. The Balaban J connectivity index is 2.69. The predicted molar refractivity (Wildman–Crippen MR) is 62.3 cm³/mol. The van der Waals surface area contributed by atoms with E-state index in [1.807, 2.05) is 0 Å². The van der Waals surface area contributed by atoms with Gasteiger partial charge in [-0.15, -0.1) is 0 Å². The molecule has 4 heteroatoms. The van der Waals surface area contributed by atoms with Crippen LogP contribution >= 0.6 is 0 Å². The van der Waals surface area contributed by atoms with Crippen LogP contribution in [0.5, 0.6) is 0 Å². The van der Waals surface area contributed by atoms with Gasteiger partial charge in [0.15, 0.2) is 5.78 Å². The Morgan fingerprint density at radius 2 is 1.82 bits per heavy atom. The Labute approximate surface area is 102 Å². The zero-order valence-corrected chi connectivity index (χ0v) is 10.7. The number of hydrogen-bond acceptors (Lipinski definition) is 4. The standard InChI is InChI=1S/C13H20O4/c1-8(2)11(14)7-10(13(16)17-3)12(15)9-5-4-6-9/h8-10H,4-7H2,1-3H3. The molecule has 1 rings (SSSR count). The zero-order valence-electron chi connectivity index (χ0n) is 10.7. The highest BCUT2D eigenvalue weighted by Gasteiger charge is 2.37. The average Bonchev–Trinajstić information content (AvgIpc) is 2.21. The van der Waals surface area contributed by atoms with Crippen LogP contribution in [-0.4, -0.2) is 24.6 Å². The van der Waals surface area contributed by atoms with Gasteiger partial charge in [0, 0.05) is 18.3 Å². The van der Waals surface area contributed by atoms with Crippen molar-refractivity contribution in [2.24, 2.45) is 17.8 Å². The Morgan fingerprint density at radius 3 is 2.18 bits per heavy atom. The zero-order chi connectivity index (χ0) is 13.0. The van der Waals surface area contributed by atoms with Gasteiger partial charge in [-0.1, -0.05) is 20.3 Å². The molecular formula is C13H20O4. The molecule has 1 aliphatic carbocycles. The average molecular weight is 240 g/mol. The van der Waals surface area contributed by atoms with E-state index in [9.17, 15) is 14.4 Å². The number of carbonyl (C=O) groups excluding carboxylic acids is 3. The highest BCUT2D eigenvalue weighted by molar-refractivity contribution is 6.03. The summed E-state index contributed by atoms with van der Waals surface area (Å²) in [6, 6.07) is 0. The number of methoxy groups -OCH3 is 1. The molecule has 0 radical (unpaired) electrons. The molecule has 0 bridgehead atoms. The van der Waals surface area contributed by atoms with Crippen molar-refractivity contribution in [1.82, 2.24) is 0 Å². The molecule has 0 aromatic heterocycles. The first kappa shape index (κ1) is 13.9. The van der Waals surface area contributed by atoms with Crippen molar-refractivity contribution in [2.75, 3.05) is 7.11 Å². The first-order valence-corrected chi connectivity index (χ1v) is 6.11. The molecule has 0 aromatic carbocycles. The molecule has 0 heterocycles. The molecule has 0 saturated heterocycles. The topological polar surface area (TPSA) is 60.4 Å². The number of esters is 1. The monoisotopic (exact) mass is 240 g/mol. The number of hydrogen-bond donors (Lipinski definition) is 0. The molecule has 4 nitrogen and oxygen atoms in total. The van der Waals surface area contributed by atoms with Gasteiger partial charge < -0.3 is 4.74 Å². The second-order valence-corrected chi connectivity index (χ2v) is 4.93. The van der Waals surface area contributed by atoms with E-state index in [1.165, 1.54) is 7.11 Å². The molecule has 1 saturated carbocycles. The van der Waals surface area contributed by atoms with Gasteiger partial charge in [-0.25, -0.2) is 0 Å². The van der Waals surface area contributed by atoms with Crippen LogP contribution in [0, 0.1) is 17.8 Å². The van der Waals surface area contributed by atoms with Gasteiger partial charge in [0.05, 0.1) is 7.11 Å². The predicted octanol–water partition coefficient (Wildman–Crippen LogP) is 1.76. The minimum atomic E-state index is -0.889. The fraction of sp³-hybridized carbons (Fsp3) is 0.769. The molecular weight excluding hydrogens is 220 g/mol. The summed E-state index contributed by atoms with van der Waals surface area (Å²) >= 11 is 0. The minimum absolute atomic E-state index is 0.0142. The van der Waals surface area contributed by atoms with Crippen LogP contribution in [0.4, 0.5) is 0 Å². The van der Waals surface area contributed by atoms with E-state index in [4.69, 9.17) is 0 Å². The van der Waals surface area contributed by atoms with E-state index in [-0.39, 0.29) is 29.8 Å². The molecule has 0 spiro atoms. The van der Waals surface area contributed by atoms with Gasteiger partial charge in [0.1, 0.15) is 11.7 Å². The summed E-state index contributed by atoms with van der Waals surface area (Å²) in [5.41, 5.74) is 0. The highest BCUT2D eigenvalue weighted by atomic mass is 16.5. The van der Waals surface area contributed by atoms with Gasteiger partial charge in [-0.2, -0.15) is 0 Å². The van der Waals surface area contributed by atoms with Crippen molar-refractivity contribution in [3.8, 4) is 0 Å². The molecule has 0 aromatic rings. The summed E-state index contributed by atoms with van der Waals surface area (Å²) in [5.74, 6) is -1.84. The maximum absolute atomic E-state index is 12.0. The molecule has 0 amide bonds. The van der Waals surface area contributed by atoms with Crippen LogP contribution in [-0.2, 0) is 19.1 Å². The first-order valence-electron chi connectivity index (χ1n) is 6.11. The van der Waals surface area contributed by atoms with Crippen LogP contribution < -0.4 is 0 Å². The van der Waals surface area contributed by atoms with E-state index < -0.39 is 11.9 Å². The molecule has 1 fully saturated rings. The second kappa shape index (κ2) is 5.94. The SMILES string of the molecule is COC(=O)C(CC(=O)C(C)C)C(=O)C1CCC1. The summed E-state index contributed by atoms with van der Waals surface area (Å²) in [6.07, 6.45) is 2.69. The lowest BCUT2D eigenvalue weighted by Gasteiger charge is -2.27. The summed E-state index contributed by atoms with van der Waals surface area (Å²) < 4.78 is 4.62. The van der Waals surface area contributed by atoms with Gasteiger partial charge in [0.25, 0.3) is 0 Å². The lowest BCUT2D eigenvalue weighted by molar-refractivity contribution is -0.153. The van der Waals surface area contributed by atoms with Crippen LogP contribution in [0.1, 0.15) is 39.5 Å². The van der Waals surface area contributed by atoms with E-state index in [0.717, 1.165) is 19.3 Å². The first-order chi connectivity index (χ1) is 7.97. The van der Waals surface area contributed by atoms with Crippen LogP contribution in [0.2, 0.25) is 0 Å². The van der Waals surface area contributed by atoms with Crippen molar-refractivity contribution in [2.45, 2.75) is 39.5 Å². The largest absolute Gasteiger partial charge is 0.468 e. The summed E-state index contributed by atoms with van der Waals surface area (Å²) in [7, 11) is 1.25. The fourth-order valence-corrected chi connectivity index (χ4v) is 1.86. The Hall–Kier alpha value is -1.19. The van der Waals surface area contributed by atoms with Crippen molar-refractivity contribution in [1.29, 1.82) is 0 Å². The molecule has 0 N–H and O–H groups in total. The normalized spacial score (nSPS) is 17.4. The van der Waals surface area contributed by atoms with Crippen LogP contribution in [0.3, 0.4) is 0 Å². The van der Waals surface area contributed by atoms with E-state index >= 15 is 0 Å². The molecule has 17 heavy (non-hydrogen) atoms. The van der Waals surface area contributed by atoms with E-state index in [1.54, 1.807) is 13.8 Å². The van der Waals surface area contributed by atoms with Gasteiger partial charge >= 0.3 is 5.97 Å².